The third-order valence-electron chi connectivity index (χ3n) is 3.34. The van der Waals surface area contributed by atoms with Crippen molar-refractivity contribution in [2.45, 2.75) is 90.4 Å². The second-order valence-electron chi connectivity index (χ2n) is 5.32. The van der Waals surface area contributed by atoms with Gasteiger partial charge in [0.1, 0.15) is 6.23 Å². The number of hydrogen-bond donors (Lipinski definition) is 3. The molecule has 0 aromatic carbocycles. The lowest BCUT2D eigenvalue weighted by molar-refractivity contribution is 0.00933. The van der Waals surface area contributed by atoms with Crippen LogP contribution in [0.2, 0.25) is 0 Å². The summed E-state index contributed by atoms with van der Waals surface area (Å²) < 4.78 is 0. The maximum atomic E-state index is 9.31. The fourth-order valence-corrected chi connectivity index (χ4v) is 2.03. The second-order valence-corrected chi connectivity index (χ2v) is 5.32. The van der Waals surface area contributed by atoms with Gasteiger partial charge in [0.2, 0.25) is 0 Å². The second kappa shape index (κ2) is 13.3. The predicted molar refractivity (Wildman–Crippen MR) is 77.5 cm³/mol. The number of aliphatic hydroxyl groups is 2. The summed E-state index contributed by atoms with van der Waals surface area (Å²) in [5.41, 5.74) is 0. The fourth-order valence-electron chi connectivity index (χ4n) is 2.03. The molecular weight excluding hydrogens is 226 g/mol. The standard InChI is InChI=1S/C15H33NO2/c1-3-4-5-6-7-8-9-10-11-12-13-16-15(18)14(2)17/h14-18H,3-13H2,1-2H3. The molecule has 0 aliphatic carbocycles. The minimum atomic E-state index is -0.774. The zero-order chi connectivity index (χ0) is 13.6. The van der Waals surface area contributed by atoms with Crippen molar-refractivity contribution in [3.63, 3.8) is 0 Å². The highest BCUT2D eigenvalue weighted by Crippen LogP contribution is 2.10. The molecule has 2 unspecified atom stereocenters. The van der Waals surface area contributed by atoms with Crippen LogP contribution in [0.25, 0.3) is 0 Å². The molecule has 2 atom stereocenters. The molecule has 3 N–H and O–H groups in total. The van der Waals surface area contributed by atoms with E-state index in [-0.39, 0.29) is 0 Å². The summed E-state index contributed by atoms with van der Waals surface area (Å²) in [6.45, 7) is 4.64. The molecule has 0 saturated carbocycles. The van der Waals surface area contributed by atoms with Crippen LogP contribution < -0.4 is 5.32 Å². The normalized spacial score (nSPS) is 14.7. The van der Waals surface area contributed by atoms with Crippen LogP contribution in [0.15, 0.2) is 0 Å². The minimum Gasteiger partial charge on any atom is -0.389 e. The Kier molecular flexibility index (Phi) is 13.2. The van der Waals surface area contributed by atoms with Crippen molar-refractivity contribution in [2.75, 3.05) is 6.54 Å². The van der Waals surface area contributed by atoms with E-state index in [4.69, 9.17) is 5.11 Å². The van der Waals surface area contributed by atoms with Crippen LogP contribution in [-0.2, 0) is 0 Å². The van der Waals surface area contributed by atoms with Crippen LogP contribution in [0.3, 0.4) is 0 Å². The van der Waals surface area contributed by atoms with Crippen molar-refractivity contribution in [2.24, 2.45) is 0 Å². The first-order valence-electron chi connectivity index (χ1n) is 7.78. The smallest absolute Gasteiger partial charge is 0.130 e. The Balaban J connectivity index is 3.03. The molecule has 0 spiro atoms. The van der Waals surface area contributed by atoms with Gasteiger partial charge in [-0.05, 0) is 19.9 Å². The maximum Gasteiger partial charge on any atom is 0.130 e. The fraction of sp³-hybridized carbons (Fsp3) is 1.00. The Labute approximate surface area is 113 Å². The van der Waals surface area contributed by atoms with Gasteiger partial charge >= 0.3 is 0 Å². The van der Waals surface area contributed by atoms with E-state index in [9.17, 15) is 5.11 Å². The van der Waals surface area contributed by atoms with Crippen LogP contribution in [0.5, 0.6) is 0 Å². The van der Waals surface area contributed by atoms with Gasteiger partial charge in [0.25, 0.3) is 0 Å². The molecule has 0 amide bonds. The van der Waals surface area contributed by atoms with E-state index >= 15 is 0 Å². The summed E-state index contributed by atoms with van der Waals surface area (Å²) in [5, 5.41) is 21.3. The van der Waals surface area contributed by atoms with Crippen molar-refractivity contribution in [1.82, 2.24) is 5.32 Å². The summed E-state index contributed by atoms with van der Waals surface area (Å²) in [5.74, 6) is 0. The largest absolute Gasteiger partial charge is 0.389 e. The van der Waals surface area contributed by atoms with Gasteiger partial charge in [0, 0.05) is 0 Å². The first-order valence-corrected chi connectivity index (χ1v) is 7.78. The SMILES string of the molecule is CCCCCCCCCCCCNC(O)C(C)O. The molecule has 0 radical (unpaired) electrons. The van der Waals surface area contributed by atoms with Gasteiger partial charge in [0.15, 0.2) is 0 Å². The van der Waals surface area contributed by atoms with Gasteiger partial charge in [-0.1, -0.05) is 64.7 Å². The topological polar surface area (TPSA) is 52.5 Å². The highest BCUT2D eigenvalue weighted by atomic mass is 16.3. The molecule has 0 saturated heterocycles. The summed E-state index contributed by atoms with van der Waals surface area (Å²) in [7, 11) is 0. The molecule has 0 rings (SSSR count). The molecule has 3 nitrogen and oxygen atoms in total. The highest BCUT2D eigenvalue weighted by molar-refractivity contribution is 4.59. The van der Waals surface area contributed by atoms with E-state index in [0.717, 1.165) is 13.0 Å². The van der Waals surface area contributed by atoms with Gasteiger partial charge in [0.05, 0.1) is 6.10 Å². The van der Waals surface area contributed by atoms with E-state index in [2.05, 4.69) is 12.2 Å². The van der Waals surface area contributed by atoms with Crippen molar-refractivity contribution in [3.8, 4) is 0 Å². The lowest BCUT2D eigenvalue weighted by atomic mass is 10.1. The Morgan fingerprint density at radius 1 is 0.778 bits per heavy atom. The Bertz CT molecular complexity index is 163. The molecule has 110 valence electrons. The summed E-state index contributed by atoms with van der Waals surface area (Å²) in [4.78, 5) is 0. The monoisotopic (exact) mass is 259 g/mol. The zero-order valence-corrected chi connectivity index (χ0v) is 12.3. The molecule has 0 heterocycles. The molecule has 18 heavy (non-hydrogen) atoms. The molecule has 0 fully saturated rings. The van der Waals surface area contributed by atoms with Gasteiger partial charge in [-0.3, -0.25) is 5.32 Å². The average Bonchev–Trinajstić information content (AvgIpc) is 2.35. The number of nitrogens with one attached hydrogen (secondary N) is 1. The predicted octanol–water partition coefficient (Wildman–Crippen LogP) is 3.20. The van der Waals surface area contributed by atoms with Crippen molar-refractivity contribution < 1.29 is 10.2 Å². The van der Waals surface area contributed by atoms with E-state index in [1.54, 1.807) is 6.92 Å². The van der Waals surface area contributed by atoms with Crippen LogP contribution in [0.4, 0.5) is 0 Å². The van der Waals surface area contributed by atoms with E-state index < -0.39 is 12.3 Å². The molecule has 0 aliphatic heterocycles. The molecule has 3 heteroatoms. The van der Waals surface area contributed by atoms with E-state index in [1.165, 1.54) is 57.8 Å². The molecule has 0 aromatic heterocycles. The molecular formula is C15H33NO2. The van der Waals surface area contributed by atoms with Crippen molar-refractivity contribution >= 4 is 0 Å². The van der Waals surface area contributed by atoms with Crippen molar-refractivity contribution in [1.29, 1.82) is 0 Å². The number of hydrogen-bond acceptors (Lipinski definition) is 3. The lowest BCUT2D eigenvalue weighted by Gasteiger charge is -2.14. The van der Waals surface area contributed by atoms with E-state index in [1.807, 2.05) is 0 Å². The Morgan fingerprint density at radius 3 is 1.67 bits per heavy atom. The van der Waals surface area contributed by atoms with Crippen molar-refractivity contribution in [3.05, 3.63) is 0 Å². The maximum absolute atomic E-state index is 9.31. The van der Waals surface area contributed by atoms with Crippen LogP contribution in [0, 0.1) is 0 Å². The van der Waals surface area contributed by atoms with Crippen LogP contribution >= 0.6 is 0 Å². The first kappa shape index (κ1) is 17.9. The highest BCUT2D eigenvalue weighted by Gasteiger charge is 2.07. The third-order valence-corrected chi connectivity index (χ3v) is 3.34. The molecule has 0 aliphatic rings. The molecule has 0 aromatic rings. The summed E-state index contributed by atoms with van der Waals surface area (Å²) >= 11 is 0. The number of rotatable bonds is 13. The van der Waals surface area contributed by atoms with Crippen LogP contribution in [0.1, 0.15) is 78.1 Å². The van der Waals surface area contributed by atoms with Gasteiger partial charge < -0.3 is 10.2 Å². The van der Waals surface area contributed by atoms with E-state index in [0.29, 0.717) is 0 Å². The number of aliphatic hydroxyl groups excluding tert-OH is 2. The Hall–Kier alpha value is -0.120. The van der Waals surface area contributed by atoms with Gasteiger partial charge in [-0.15, -0.1) is 0 Å². The lowest BCUT2D eigenvalue weighted by Crippen LogP contribution is -2.38. The minimum absolute atomic E-state index is 0.687. The Morgan fingerprint density at radius 2 is 1.22 bits per heavy atom. The van der Waals surface area contributed by atoms with Crippen LogP contribution in [-0.4, -0.2) is 29.1 Å². The molecule has 0 bridgehead atoms. The quantitative estimate of drug-likeness (QED) is 0.352. The number of unbranched alkanes of at least 4 members (excludes halogenated alkanes) is 9. The third kappa shape index (κ3) is 12.3. The first-order chi connectivity index (χ1) is 8.68. The zero-order valence-electron chi connectivity index (χ0n) is 12.3. The summed E-state index contributed by atoms with van der Waals surface area (Å²) in [6.07, 6.45) is 11.7. The van der Waals surface area contributed by atoms with Gasteiger partial charge in [-0.25, -0.2) is 0 Å². The average molecular weight is 259 g/mol. The van der Waals surface area contributed by atoms with Gasteiger partial charge in [-0.2, -0.15) is 0 Å². The summed E-state index contributed by atoms with van der Waals surface area (Å²) in [6, 6.07) is 0.